The minimum atomic E-state index is -4.25. The average molecular weight is 681 g/mol. The normalized spacial score (nSPS) is 12.1. The Morgan fingerprint density at radius 3 is 2.25 bits per heavy atom. The highest BCUT2D eigenvalue weighted by atomic mass is 35.5. The number of carbonyl (C=O) groups is 2. The molecule has 0 spiro atoms. The quantitative estimate of drug-likeness (QED) is 0.176. The number of carbonyl (C=O) groups excluding carboxylic acids is 2. The molecule has 1 N–H and O–H groups in total. The number of amides is 2. The molecule has 0 bridgehead atoms. The SMILES string of the molecule is CCOc1ccccc1N(CC(=O)N(Cc1ccc(Cl)c(Cl)c1)C(CC)C(=O)NCC(C)C)S(=O)(=O)c1ccc(SC)cc1. The summed E-state index contributed by atoms with van der Waals surface area (Å²) in [4.78, 5) is 30.0. The Morgan fingerprint density at radius 1 is 0.977 bits per heavy atom. The van der Waals surface area contributed by atoms with Crippen molar-refractivity contribution in [1.82, 2.24) is 10.2 Å². The fourth-order valence-corrected chi connectivity index (χ4v) is 6.66. The summed E-state index contributed by atoms with van der Waals surface area (Å²) in [6.07, 6.45) is 2.20. The minimum Gasteiger partial charge on any atom is -0.492 e. The molecule has 0 saturated carbocycles. The number of para-hydroxylation sites is 2. The summed E-state index contributed by atoms with van der Waals surface area (Å²) in [6, 6.07) is 17.2. The number of rotatable bonds is 15. The van der Waals surface area contributed by atoms with Crippen molar-refractivity contribution in [2.45, 2.75) is 56.5 Å². The first-order valence-corrected chi connectivity index (χ1v) is 17.7. The van der Waals surface area contributed by atoms with Crippen LogP contribution in [0.1, 0.15) is 39.7 Å². The van der Waals surface area contributed by atoms with Gasteiger partial charge in [0, 0.05) is 18.0 Å². The van der Waals surface area contributed by atoms with Crippen LogP contribution < -0.4 is 14.4 Å². The van der Waals surface area contributed by atoms with Crippen LogP contribution in [-0.2, 0) is 26.2 Å². The van der Waals surface area contributed by atoms with Gasteiger partial charge in [-0.1, -0.05) is 62.2 Å². The van der Waals surface area contributed by atoms with E-state index in [9.17, 15) is 18.0 Å². The molecule has 0 aliphatic heterocycles. The van der Waals surface area contributed by atoms with Crippen molar-refractivity contribution in [3.05, 3.63) is 82.3 Å². The number of sulfonamides is 1. The molecule has 3 aromatic carbocycles. The monoisotopic (exact) mass is 679 g/mol. The van der Waals surface area contributed by atoms with E-state index in [2.05, 4.69) is 5.32 Å². The molecule has 1 atom stereocenters. The maximum absolute atomic E-state index is 14.3. The topological polar surface area (TPSA) is 96.0 Å². The molecule has 3 rings (SSSR count). The molecule has 238 valence electrons. The second-order valence-corrected chi connectivity index (χ2v) is 14.0. The maximum Gasteiger partial charge on any atom is 0.264 e. The van der Waals surface area contributed by atoms with Gasteiger partial charge in [0.25, 0.3) is 10.0 Å². The highest BCUT2D eigenvalue weighted by Gasteiger charge is 2.35. The Hall–Kier alpha value is -2.92. The van der Waals surface area contributed by atoms with Crippen LogP contribution in [0.4, 0.5) is 5.69 Å². The smallest absolute Gasteiger partial charge is 0.264 e. The first kappa shape index (κ1) is 35.6. The van der Waals surface area contributed by atoms with Crippen molar-refractivity contribution in [1.29, 1.82) is 0 Å². The van der Waals surface area contributed by atoms with E-state index in [4.69, 9.17) is 27.9 Å². The molecule has 0 radical (unpaired) electrons. The summed E-state index contributed by atoms with van der Waals surface area (Å²) in [7, 11) is -4.25. The van der Waals surface area contributed by atoms with Gasteiger partial charge in [-0.3, -0.25) is 13.9 Å². The van der Waals surface area contributed by atoms with Crippen LogP contribution in [0.2, 0.25) is 10.0 Å². The second kappa shape index (κ2) is 16.4. The molecule has 0 fully saturated rings. The average Bonchev–Trinajstić information content (AvgIpc) is 3.00. The lowest BCUT2D eigenvalue weighted by atomic mass is 10.1. The van der Waals surface area contributed by atoms with Gasteiger partial charge < -0.3 is 15.0 Å². The third-order valence-corrected chi connectivity index (χ3v) is 10.0. The number of thioether (sulfide) groups is 1. The molecule has 1 unspecified atom stereocenters. The Kier molecular flexibility index (Phi) is 13.3. The molecule has 3 aromatic rings. The molecule has 0 saturated heterocycles. The summed E-state index contributed by atoms with van der Waals surface area (Å²) in [6.45, 7) is 7.70. The van der Waals surface area contributed by atoms with Crippen LogP contribution in [0.5, 0.6) is 5.75 Å². The van der Waals surface area contributed by atoms with Crippen LogP contribution in [0.25, 0.3) is 0 Å². The second-order valence-electron chi connectivity index (χ2n) is 10.4. The number of nitrogens with one attached hydrogen (secondary N) is 1. The molecular weight excluding hydrogens is 641 g/mol. The summed E-state index contributed by atoms with van der Waals surface area (Å²) >= 11 is 13.9. The first-order chi connectivity index (χ1) is 20.9. The van der Waals surface area contributed by atoms with Crippen molar-refractivity contribution in [2.75, 3.05) is 30.3 Å². The van der Waals surface area contributed by atoms with E-state index in [0.717, 1.165) is 9.20 Å². The molecule has 0 aliphatic rings. The third-order valence-electron chi connectivity index (χ3n) is 6.77. The summed E-state index contributed by atoms with van der Waals surface area (Å²) in [5.41, 5.74) is 0.850. The molecule has 12 heteroatoms. The maximum atomic E-state index is 14.3. The largest absolute Gasteiger partial charge is 0.492 e. The van der Waals surface area contributed by atoms with E-state index < -0.39 is 28.5 Å². The van der Waals surface area contributed by atoms with E-state index >= 15 is 0 Å². The van der Waals surface area contributed by atoms with Crippen molar-refractivity contribution in [3.8, 4) is 5.75 Å². The predicted octanol–water partition coefficient (Wildman–Crippen LogP) is 6.89. The zero-order valence-corrected chi connectivity index (χ0v) is 28.7. The number of hydrogen-bond donors (Lipinski definition) is 1. The van der Waals surface area contributed by atoms with Gasteiger partial charge in [0.1, 0.15) is 18.3 Å². The number of benzene rings is 3. The molecular formula is C32H39Cl2N3O5S2. The van der Waals surface area contributed by atoms with Crippen LogP contribution >= 0.6 is 35.0 Å². The van der Waals surface area contributed by atoms with Gasteiger partial charge in [-0.15, -0.1) is 11.8 Å². The van der Waals surface area contributed by atoms with Crippen molar-refractivity contribution in [3.63, 3.8) is 0 Å². The minimum absolute atomic E-state index is 0.00669. The number of hydrogen-bond acceptors (Lipinski definition) is 6. The van der Waals surface area contributed by atoms with Crippen molar-refractivity contribution in [2.24, 2.45) is 5.92 Å². The van der Waals surface area contributed by atoms with Gasteiger partial charge in [0.15, 0.2) is 0 Å². The highest BCUT2D eigenvalue weighted by Crippen LogP contribution is 2.33. The first-order valence-electron chi connectivity index (χ1n) is 14.3. The van der Waals surface area contributed by atoms with E-state index in [1.54, 1.807) is 68.4 Å². The lowest BCUT2D eigenvalue weighted by Crippen LogP contribution is -2.52. The van der Waals surface area contributed by atoms with E-state index in [0.29, 0.717) is 40.9 Å². The standard InChI is InChI=1S/C32H39Cl2N3O5S2/c1-6-28(32(39)35-19-22(3)4)36(20-23-12-17-26(33)27(34)18-23)31(38)21-37(29-10-8-9-11-30(29)42-7-2)44(40,41)25-15-13-24(43-5)14-16-25/h8-18,22,28H,6-7,19-21H2,1-5H3,(H,35,39). The van der Waals surface area contributed by atoms with E-state index in [1.165, 1.54) is 28.8 Å². The lowest BCUT2D eigenvalue weighted by molar-refractivity contribution is -0.140. The van der Waals surface area contributed by atoms with E-state index in [1.807, 2.05) is 20.1 Å². The highest BCUT2D eigenvalue weighted by molar-refractivity contribution is 7.98. The molecule has 0 aromatic heterocycles. The summed E-state index contributed by atoms with van der Waals surface area (Å²) in [5, 5.41) is 3.58. The zero-order chi connectivity index (χ0) is 32.4. The molecule has 8 nitrogen and oxygen atoms in total. The fraction of sp³-hybridized carbons (Fsp3) is 0.375. The Balaban J connectivity index is 2.12. The summed E-state index contributed by atoms with van der Waals surface area (Å²) < 4.78 is 35.3. The molecule has 44 heavy (non-hydrogen) atoms. The van der Waals surface area contributed by atoms with Crippen LogP contribution in [0.15, 0.2) is 76.5 Å². The number of ether oxygens (including phenoxy) is 1. The van der Waals surface area contributed by atoms with Crippen LogP contribution in [0.3, 0.4) is 0 Å². The van der Waals surface area contributed by atoms with E-state index in [-0.39, 0.29) is 29.0 Å². The Bertz CT molecular complexity index is 1540. The van der Waals surface area contributed by atoms with Crippen molar-refractivity contribution < 1.29 is 22.7 Å². The molecule has 0 aliphatic carbocycles. The van der Waals surface area contributed by atoms with Gasteiger partial charge >= 0.3 is 0 Å². The van der Waals surface area contributed by atoms with Crippen LogP contribution in [0, 0.1) is 5.92 Å². The molecule has 0 heterocycles. The van der Waals surface area contributed by atoms with Gasteiger partial charge in [-0.25, -0.2) is 8.42 Å². The number of anilines is 1. The molecule has 2 amide bonds. The number of halogens is 2. The number of nitrogens with zero attached hydrogens (tertiary/aromatic N) is 2. The predicted molar refractivity (Wildman–Crippen MR) is 179 cm³/mol. The fourth-order valence-electron chi connectivity index (χ4n) is 4.51. The van der Waals surface area contributed by atoms with Gasteiger partial charge in [-0.05, 0) is 79.6 Å². The Morgan fingerprint density at radius 2 is 1.66 bits per heavy atom. The lowest BCUT2D eigenvalue weighted by Gasteiger charge is -2.33. The van der Waals surface area contributed by atoms with Crippen molar-refractivity contribution >= 4 is 62.5 Å². The van der Waals surface area contributed by atoms with Gasteiger partial charge in [-0.2, -0.15) is 0 Å². The Labute approximate surface area is 275 Å². The zero-order valence-electron chi connectivity index (χ0n) is 25.5. The van der Waals surface area contributed by atoms with Crippen LogP contribution in [-0.4, -0.2) is 57.1 Å². The third kappa shape index (κ3) is 9.06. The van der Waals surface area contributed by atoms with Gasteiger partial charge in [0.2, 0.25) is 11.8 Å². The summed E-state index contributed by atoms with van der Waals surface area (Å²) in [5.74, 6) is -0.390. The van der Waals surface area contributed by atoms with Gasteiger partial charge in [0.05, 0.1) is 27.2 Å².